The number of ether oxygens (including phenoxy) is 1. The summed E-state index contributed by atoms with van der Waals surface area (Å²) in [7, 11) is 1.68. The number of nitrogens with zero attached hydrogens (tertiary/aromatic N) is 2. The lowest BCUT2D eigenvalue weighted by molar-refractivity contribution is 0.104. The first kappa shape index (κ1) is 17.3. The van der Waals surface area contributed by atoms with Gasteiger partial charge in [-0.15, -0.1) is 0 Å². The van der Waals surface area contributed by atoms with Crippen LogP contribution >= 0.6 is 0 Å². The summed E-state index contributed by atoms with van der Waals surface area (Å²) in [6.45, 7) is 4.67. The molecule has 0 fully saturated rings. The Morgan fingerprint density at radius 2 is 1.96 bits per heavy atom. The molecule has 0 saturated carbocycles. The molecular weight excluding hydrogens is 336 g/mol. The van der Waals surface area contributed by atoms with Crippen molar-refractivity contribution in [3.63, 3.8) is 0 Å². The highest BCUT2D eigenvalue weighted by molar-refractivity contribution is 6.15. The maximum atomic E-state index is 12.6. The van der Waals surface area contributed by atoms with E-state index in [1.54, 1.807) is 7.11 Å². The number of carbonyl (C=O) groups excluding carboxylic acids is 1. The highest BCUT2D eigenvalue weighted by Crippen LogP contribution is 2.29. The molecule has 1 aliphatic carbocycles. The van der Waals surface area contributed by atoms with Gasteiger partial charge in [-0.1, -0.05) is 30.3 Å². The summed E-state index contributed by atoms with van der Waals surface area (Å²) >= 11 is 0. The zero-order valence-electron chi connectivity index (χ0n) is 15.8. The highest BCUT2D eigenvalue weighted by Gasteiger charge is 2.24. The van der Waals surface area contributed by atoms with Crippen molar-refractivity contribution in [3.8, 4) is 5.75 Å². The van der Waals surface area contributed by atoms with Crippen LogP contribution in [0.4, 0.5) is 0 Å². The molecule has 27 heavy (non-hydrogen) atoms. The van der Waals surface area contributed by atoms with Crippen LogP contribution in [-0.2, 0) is 13.0 Å². The Morgan fingerprint density at radius 3 is 2.67 bits per heavy atom. The molecule has 0 bridgehead atoms. The Kier molecular flexibility index (Phi) is 4.40. The summed E-state index contributed by atoms with van der Waals surface area (Å²) in [5.74, 6) is 0.951. The SMILES string of the molecule is COc1ccc(C=C2Cc3ccccc3C2=O)cc1Cn1nc(C)cc1C. The van der Waals surface area contributed by atoms with Gasteiger partial charge in [0, 0.05) is 28.8 Å². The van der Waals surface area contributed by atoms with Crippen molar-refractivity contribution in [1.29, 1.82) is 0 Å². The number of allylic oxidation sites excluding steroid dienone is 1. The Hall–Kier alpha value is -3.14. The van der Waals surface area contributed by atoms with Gasteiger partial charge in [0.15, 0.2) is 5.78 Å². The Balaban J connectivity index is 1.67. The standard InChI is InChI=1S/C23H22N2O2/c1-15-10-16(2)25(24-15)14-20-12-17(8-9-22(20)27-3)11-19-13-18-6-4-5-7-21(18)23(19)26/h4-12H,13-14H2,1-3H3. The van der Waals surface area contributed by atoms with Crippen molar-refractivity contribution in [1.82, 2.24) is 9.78 Å². The summed E-state index contributed by atoms with van der Waals surface area (Å²) in [5.41, 5.74) is 6.91. The largest absolute Gasteiger partial charge is 0.496 e. The number of Topliss-reactive ketones (excluding diaryl/α,β-unsaturated/α-hetero) is 1. The van der Waals surface area contributed by atoms with Crippen LogP contribution in [0, 0.1) is 13.8 Å². The van der Waals surface area contributed by atoms with Crippen LogP contribution in [0.25, 0.3) is 6.08 Å². The van der Waals surface area contributed by atoms with E-state index in [4.69, 9.17) is 4.74 Å². The van der Waals surface area contributed by atoms with Crippen molar-refractivity contribution in [2.24, 2.45) is 0 Å². The number of benzene rings is 2. The highest BCUT2D eigenvalue weighted by atomic mass is 16.5. The average molecular weight is 358 g/mol. The van der Waals surface area contributed by atoms with Crippen LogP contribution in [0.3, 0.4) is 0 Å². The summed E-state index contributed by atoms with van der Waals surface area (Å²) in [4.78, 5) is 12.6. The molecule has 0 radical (unpaired) electrons. The number of aryl methyl sites for hydroxylation is 2. The van der Waals surface area contributed by atoms with E-state index in [0.29, 0.717) is 13.0 Å². The van der Waals surface area contributed by atoms with E-state index in [2.05, 4.69) is 17.2 Å². The number of carbonyl (C=O) groups is 1. The Bertz CT molecular complexity index is 1060. The van der Waals surface area contributed by atoms with E-state index in [9.17, 15) is 4.79 Å². The summed E-state index contributed by atoms with van der Waals surface area (Å²) < 4.78 is 7.51. The molecule has 0 saturated heterocycles. The third kappa shape index (κ3) is 3.31. The molecule has 4 heteroatoms. The summed E-state index contributed by atoms with van der Waals surface area (Å²) in [5, 5.41) is 4.54. The fourth-order valence-electron chi connectivity index (χ4n) is 3.68. The Morgan fingerprint density at radius 1 is 1.15 bits per heavy atom. The fraction of sp³-hybridized carbons (Fsp3) is 0.217. The number of fused-ring (bicyclic) bond motifs is 1. The van der Waals surface area contributed by atoms with Crippen LogP contribution in [0.5, 0.6) is 5.75 Å². The molecule has 1 aliphatic rings. The first-order valence-corrected chi connectivity index (χ1v) is 9.06. The topological polar surface area (TPSA) is 44.1 Å². The molecule has 0 amide bonds. The molecule has 4 nitrogen and oxygen atoms in total. The lowest BCUT2D eigenvalue weighted by atomic mass is 10.0. The lowest BCUT2D eigenvalue weighted by Gasteiger charge is -2.11. The molecule has 0 unspecified atom stereocenters. The van der Waals surface area contributed by atoms with Crippen molar-refractivity contribution < 1.29 is 9.53 Å². The van der Waals surface area contributed by atoms with Crippen LogP contribution in [0.15, 0.2) is 54.1 Å². The lowest BCUT2D eigenvalue weighted by Crippen LogP contribution is -2.06. The van der Waals surface area contributed by atoms with Gasteiger partial charge < -0.3 is 4.74 Å². The van der Waals surface area contributed by atoms with Gasteiger partial charge in [0.1, 0.15) is 5.75 Å². The average Bonchev–Trinajstić information content (AvgIpc) is 3.14. The quantitative estimate of drug-likeness (QED) is 0.650. The monoisotopic (exact) mass is 358 g/mol. The normalized spacial score (nSPS) is 14.6. The number of methoxy groups -OCH3 is 1. The van der Waals surface area contributed by atoms with Crippen LogP contribution in [-0.4, -0.2) is 22.7 Å². The first-order chi connectivity index (χ1) is 13.0. The molecular formula is C23H22N2O2. The maximum Gasteiger partial charge on any atom is 0.189 e. The summed E-state index contributed by atoms with van der Waals surface area (Å²) in [6.07, 6.45) is 2.68. The summed E-state index contributed by atoms with van der Waals surface area (Å²) in [6, 6.07) is 15.9. The molecule has 4 rings (SSSR count). The fourth-order valence-corrected chi connectivity index (χ4v) is 3.68. The molecule has 0 atom stereocenters. The Labute approximate surface area is 159 Å². The van der Waals surface area contributed by atoms with Crippen molar-refractivity contribution in [2.75, 3.05) is 7.11 Å². The molecule has 0 N–H and O–H groups in total. The number of ketones is 1. The molecule has 3 aromatic rings. The van der Waals surface area contributed by atoms with Crippen LogP contribution in [0.1, 0.15) is 38.4 Å². The van der Waals surface area contributed by atoms with Gasteiger partial charge in [0.25, 0.3) is 0 Å². The molecule has 0 aliphatic heterocycles. The van der Waals surface area contributed by atoms with Crippen LogP contribution < -0.4 is 4.74 Å². The van der Waals surface area contributed by atoms with Gasteiger partial charge in [-0.2, -0.15) is 5.10 Å². The number of rotatable bonds is 4. The van der Waals surface area contributed by atoms with Crippen molar-refractivity contribution >= 4 is 11.9 Å². The number of aromatic nitrogens is 2. The van der Waals surface area contributed by atoms with E-state index in [1.165, 1.54) is 0 Å². The molecule has 136 valence electrons. The van der Waals surface area contributed by atoms with Gasteiger partial charge in [-0.25, -0.2) is 0 Å². The maximum absolute atomic E-state index is 12.6. The van der Waals surface area contributed by atoms with E-state index in [-0.39, 0.29) is 5.78 Å². The zero-order chi connectivity index (χ0) is 19.0. The second kappa shape index (κ2) is 6.88. The van der Waals surface area contributed by atoms with Gasteiger partial charge in [-0.05, 0) is 49.2 Å². The van der Waals surface area contributed by atoms with Gasteiger partial charge in [0.05, 0.1) is 19.3 Å². The predicted molar refractivity (Wildman–Crippen MR) is 106 cm³/mol. The second-order valence-corrected chi connectivity index (χ2v) is 6.99. The van der Waals surface area contributed by atoms with Crippen LogP contribution in [0.2, 0.25) is 0 Å². The van der Waals surface area contributed by atoms with E-state index in [0.717, 1.165) is 45.0 Å². The number of hydrogen-bond acceptors (Lipinski definition) is 3. The third-order valence-electron chi connectivity index (χ3n) is 5.00. The minimum absolute atomic E-state index is 0.126. The molecule has 2 aromatic carbocycles. The molecule has 1 aromatic heterocycles. The van der Waals surface area contributed by atoms with Gasteiger partial charge in [-0.3, -0.25) is 9.48 Å². The molecule has 1 heterocycles. The minimum atomic E-state index is 0.126. The molecule has 0 spiro atoms. The first-order valence-electron chi connectivity index (χ1n) is 9.06. The predicted octanol–water partition coefficient (Wildman–Crippen LogP) is 4.38. The second-order valence-electron chi connectivity index (χ2n) is 6.99. The van der Waals surface area contributed by atoms with Gasteiger partial charge in [0.2, 0.25) is 0 Å². The van der Waals surface area contributed by atoms with Crippen molar-refractivity contribution in [2.45, 2.75) is 26.8 Å². The number of hydrogen-bond donors (Lipinski definition) is 0. The smallest absolute Gasteiger partial charge is 0.189 e. The third-order valence-corrected chi connectivity index (χ3v) is 5.00. The minimum Gasteiger partial charge on any atom is -0.496 e. The van der Waals surface area contributed by atoms with E-state index >= 15 is 0 Å². The van der Waals surface area contributed by atoms with E-state index in [1.807, 2.05) is 61.0 Å². The van der Waals surface area contributed by atoms with E-state index < -0.39 is 0 Å². The van der Waals surface area contributed by atoms with Gasteiger partial charge >= 0.3 is 0 Å². The zero-order valence-corrected chi connectivity index (χ0v) is 15.8. The van der Waals surface area contributed by atoms with Crippen molar-refractivity contribution in [3.05, 3.63) is 87.7 Å².